The Morgan fingerprint density at radius 1 is 1.04 bits per heavy atom. The molecule has 7 heteroatoms. The lowest BCUT2D eigenvalue weighted by atomic mass is 10.1. The average Bonchev–Trinajstić information content (AvgIpc) is 2.74. The van der Waals surface area contributed by atoms with Crippen molar-refractivity contribution in [1.29, 1.82) is 0 Å². The van der Waals surface area contributed by atoms with Crippen molar-refractivity contribution >= 4 is 0 Å². The van der Waals surface area contributed by atoms with Gasteiger partial charge in [0, 0.05) is 35.3 Å². The number of ether oxygens (including phenoxy) is 2. The van der Waals surface area contributed by atoms with E-state index >= 15 is 0 Å². The fraction of sp³-hybridized carbons (Fsp3) is 0.286. The largest absolute Gasteiger partial charge is 0.406 e. The van der Waals surface area contributed by atoms with Gasteiger partial charge in [0.25, 0.3) is 5.56 Å². The van der Waals surface area contributed by atoms with Crippen molar-refractivity contribution in [3.8, 4) is 22.5 Å². The lowest BCUT2D eigenvalue weighted by molar-refractivity contribution is -0.116. The molecule has 0 amide bonds. The van der Waals surface area contributed by atoms with Gasteiger partial charge in [0.2, 0.25) is 0 Å². The van der Waals surface area contributed by atoms with Crippen LogP contribution in [0.15, 0.2) is 59.7 Å². The Morgan fingerprint density at radius 3 is 2.54 bits per heavy atom. The minimum atomic E-state index is -0.284. The molecule has 1 saturated heterocycles. The molecule has 1 aliphatic rings. The molecule has 1 atom stereocenters. The third-order valence-corrected chi connectivity index (χ3v) is 4.47. The third-order valence-electron chi connectivity index (χ3n) is 4.47. The van der Waals surface area contributed by atoms with E-state index in [0.717, 1.165) is 22.4 Å². The highest BCUT2D eigenvalue weighted by atomic mass is 16.7. The fourth-order valence-corrected chi connectivity index (χ4v) is 2.95. The van der Waals surface area contributed by atoms with Crippen molar-refractivity contribution < 1.29 is 14.3 Å². The van der Waals surface area contributed by atoms with Crippen LogP contribution in [-0.4, -0.2) is 47.2 Å². The minimum absolute atomic E-state index is 0.204. The number of nitrogens with zero attached hydrogens (tertiary/aromatic N) is 3. The van der Waals surface area contributed by atoms with Gasteiger partial charge in [-0.25, -0.2) is 4.98 Å². The molecular weight excluding hydrogens is 358 g/mol. The van der Waals surface area contributed by atoms with Gasteiger partial charge in [-0.3, -0.25) is 9.78 Å². The standard InChI is InChI=1S/C21H21N3O4/c1-15-2-3-18(12-23-15)16-4-6-17(7-5-16)21-22-9-8-20(25)24(21)28-14-19-13-26-10-11-27-19/h2-9,12,19H,10-11,13-14H2,1H3. The van der Waals surface area contributed by atoms with Crippen LogP contribution in [0.25, 0.3) is 22.5 Å². The monoisotopic (exact) mass is 379 g/mol. The molecule has 1 aliphatic heterocycles. The SMILES string of the molecule is Cc1ccc(-c2ccc(-c3nccc(=O)n3OCC3COCCO3)cc2)cn1. The summed E-state index contributed by atoms with van der Waals surface area (Å²) >= 11 is 0. The van der Waals surface area contributed by atoms with E-state index in [1.54, 1.807) is 0 Å². The number of hydrogen-bond acceptors (Lipinski definition) is 6. The second-order valence-electron chi connectivity index (χ2n) is 6.53. The van der Waals surface area contributed by atoms with Gasteiger partial charge in [-0.15, -0.1) is 4.73 Å². The highest BCUT2D eigenvalue weighted by molar-refractivity contribution is 5.67. The minimum Gasteiger partial charge on any atom is -0.406 e. The summed E-state index contributed by atoms with van der Waals surface area (Å²) < 4.78 is 12.1. The van der Waals surface area contributed by atoms with Crippen molar-refractivity contribution in [2.24, 2.45) is 0 Å². The third kappa shape index (κ3) is 4.11. The first-order valence-electron chi connectivity index (χ1n) is 9.15. The van der Waals surface area contributed by atoms with Gasteiger partial charge in [0.15, 0.2) is 5.82 Å². The van der Waals surface area contributed by atoms with Gasteiger partial charge in [-0.2, -0.15) is 0 Å². The molecule has 0 bridgehead atoms. The summed E-state index contributed by atoms with van der Waals surface area (Å²) in [7, 11) is 0. The predicted molar refractivity (Wildman–Crippen MR) is 104 cm³/mol. The van der Waals surface area contributed by atoms with Crippen molar-refractivity contribution in [2.75, 3.05) is 26.4 Å². The molecule has 1 unspecified atom stereocenters. The molecule has 1 aromatic carbocycles. The van der Waals surface area contributed by atoms with E-state index < -0.39 is 0 Å². The predicted octanol–water partition coefficient (Wildman–Crippen LogP) is 2.12. The summed E-state index contributed by atoms with van der Waals surface area (Å²) in [5, 5.41) is 0. The number of pyridine rings is 1. The first kappa shape index (κ1) is 18.3. The molecule has 0 spiro atoms. The number of rotatable bonds is 5. The maximum Gasteiger partial charge on any atom is 0.286 e. The van der Waals surface area contributed by atoms with E-state index in [-0.39, 0.29) is 18.3 Å². The molecular formula is C21H21N3O4. The van der Waals surface area contributed by atoms with E-state index in [0.29, 0.717) is 25.6 Å². The van der Waals surface area contributed by atoms with Gasteiger partial charge in [0.1, 0.15) is 12.7 Å². The molecule has 0 N–H and O–H groups in total. The average molecular weight is 379 g/mol. The van der Waals surface area contributed by atoms with Crippen LogP contribution in [0.1, 0.15) is 5.69 Å². The van der Waals surface area contributed by atoms with Crippen LogP contribution >= 0.6 is 0 Å². The lowest BCUT2D eigenvalue weighted by Crippen LogP contribution is -2.38. The molecule has 0 saturated carbocycles. The van der Waals surface area contributed by atoms with Crippen molar-refractivity contribution in [1.82, 2.24) is 14.7 Å². The van der Waals surface area contributed by atoms with Crippen LogP contribution in [0, 0.1) is 6.92 Å². The second kappa shape index (κ2) is 8.33. The van der Waals surface area contributed by atoms with Crippen LogP contribution in [-0.2, 0) is 9.47 Å². The van der Waals surface area contributed by atoms with Crippen LogP contribution in [0.2, 0.25) is 0 Å². The van der Waals surface area contributed by atoms with Gasteiger partial charge < -0.3 is 14.3 Å². The van der Waals surface area contributed by atoms with Gasteiger partial charge in [-0.1, -0.05) is 30.3 Å². The molecule has 144 valence electrons. The van der Waals surface area contributed by atoms with Gasteiger partial charge >= 0.3 is 0 Å². The zero-order valence-corrected chi connectivity index (χ0v) is 15.6. The summed E-state index contributed by atoms with van der Waals surface area (Å²) in [6.07, 6.45) is 3.12. The highest BCUT2D eigenvalue weighted by Crippen LogP contribution is 2.23. The Kier molecular flexibility index (Phi) is 5.45. The first-order valence-corrected chi connectivity index (χ1v) is 9.15. The molecule has 28 heavy (non-hydrogen) atoms. The number of hydrogen-bond donors (Lipinski definition) is 0. The summed E-state index contributed by atoms with van der Waals surface area (Å²) in [5.41, 5.74) is 3.54. The number of aryl methyl sites for hydroxylation is 1. The summed E-state index contributed by atoms with van der Waals surface area (Å²) in [5.74, 6) is 0.442. The van der Waals surface area contributed by atoms with E-state index in [4.69, 9.17) is 14.3 Å². The number of aromatic nitrogens is 3. The maximum atomic E-state index is 12.3. The normalized spacial score (nSPS) is 16.7. The topological polar surface area (TPSA) is 75.5 Å². The molecule has 4 rings (SSSR count). The Labute approximate surface area is 162 Å². The molecule has 1 fully saturated rings. The molecule has 0 radical (unpaired) electrons. The highest BCUT2D eigenvalue weighted by Gasteiger charge is 2.17. The van der Waals surface area contributed by atoms with Crippen LogP contribution in [0.3, 0.4) is 0 Å². The molecule has 7 nitrogen and oxygen atoms in total. The fourth-order valence-electron chi connectivity index (χ4n) is 2.95. The Bertz CT molecular complexity index is 978. The summed E-state index contributed by atoms with van der Waals surface area (Å²) in [4.78, 5) is 26.7. The molecule has 3 aromatic rings. The number of benzene rings is 1. The van der Waals surface area contributed by atoms with E-state index in [1.165, 1.54) is 17.0 Å². The second-order valence-corrected chi connectivity index (χ2v) is 6.53. The Hall–Kier alpha value is -3.03. The maximum absolute atomic E-state index is 12.3. The van der Waals surface area contributed by atoms with Crippen molar-refractivity contribution in [3.05, 3.63) is 70.9 Å². The van der Waals surface area contributed by atoms with Crippen LogP contribution in [0.4, 0.5) is 0 Å². The van der Waals surface area contributed by atoms with Crippen LogP contribution in [0.5, 0.6) is 0 Å². The summed E-state index contributed by atoms with van der Waals surface area (Å²) in [6.45, 7) is 3.72. The lowest BCUT2D eigenvalue weighted by Gasteiger charge is -2.23. The zero-order chi connectivity index (χ0) is 19.3. The van der Waals surface area contributed by atoms with E-state index in [2.05, 4.69) is 9.97 Å². The quantitative estimate of drug-likeness (QED) is 0.676. The molecule has 0 aliphatic carbocycles. The van der Waals surface area contributed by atoms with Gasteiger partial charge in [0.05, 0.1) is 19.8 Å². The van der Waals surface area contributed by atoms with Crippen LogP contribution < -0.4 is 10.4 Å². The first-order chi connectivity index (χ1) is 13.7. The zero-order valence-electron chi connectivity index (χ0n) is 15.6. The molecule has 2 aromatic heterocycles. The Morgan fingerprint density at radius 2 is 1.82 bits per heavy atom. The van der Waals surface area contributed by atoms with Gasteiger partial charge in [-0.05, 0) is 18.6 Å². The van der Waals surface area contributed by atoms with E-state index in [1.807, 2.05) is 49.5 Å². The smallest absolute Gasteiger partial charge is 0.286 e. The summed E-state index contributed by atoms with van der Waals surface area (Å²) in [6, 6.07) is 13.2. The van der Waals surface area contributed by atoms with Crippen molar-refractivity contribution in [2.45, 2.75) is 13.0 Å². The van der Waals surface area contributed by atoms with Crippen molar-refractivity contribution in [3.63, 3.8) is 0 Å². The van der Waals surface area contributed by atoms with E-state index in [9.17, 15) is 4.79 Å². The molecule has 3 heterocycles. The Balaban J connectivity index is 1.57.